The second-order valence-corrected chi connectivity index (χ2v) is 5.40. The molecule has 0 radical (unpaired) electrons. The van der Waals surface area contributed by atoms with E-state index in [-0.39, 0.29) is 0 Å². The average molecular weight is 347 g/mol. The molecule has 25 heavy (non-hydrogen) atoms. The molecule has 2 rings (SSSR count). The molecule has 0 aliphatic carbocycles. The third-order valence-corrected chi connectivity index (χ3v) is 3.38. The van der Waals surface area contributed by atoms with E-state index in [2.05, 4.69) is 11.9 Å². The van der Waals surface area contributed by atoms with Crippen LogP contribution in [0.2, 0.25) is 0 Å². The molecule has 0 saturated carbocycles. The lowest BCUT2D eigenvalue weighted by atomic mass is 10.2. The molecule has 0 atom stereocenters. The van der Waals surface area contributed by atoms with Gasteiger partial charge in [0, 0.05) is 5.56 Å². The second kappa shape index (κ2) is 9.06. The number of ether oxygens (including phenoxy) is 1. The summed E-state index contributed by atoms with van der Waals surface area (Å²) in [5.41, 5.74) is 0.479. The minimum absolute atomic E-state index is 0.356. The number of nitrogens with zero attached hydrogens (tertiary/aromatic N) is 1. The molecule has 2 nitrogen and oxygen atoms in total. The Kier molecular flexibility index (Phi) is 6.81. The molecule has 132 valence electrons. The first-order valence-corrected chi connectivity index (χ1v) is 8.10. The summed E-state index contributed by atoms with van der Waals surface area (Å²) < 4.78 is 43.7. The number of aliphatic imine (C=N–C) groups is 1. The Morgan fingerprint density at radius 1 is 1.00 bits per heavy atom. The van der Waals surface area contributed by atoms with Gasteiger partial charge in [-0.2, -0.15) is 13.2 Å². The lowest BCUT2D eigenvalue weighted by Crippen LogP contribution is -2.07. The van der Waals surface area contributed by atoms with Gasteiger partial charge in [0.15, 0.2) is 0 Å². The molecule has 0 saturated heterocycles. The highest BCUT2D eigenvalue weighted by Gasteiger charge is 2.29. The number of alkyl halides is 3. The summed E-state index contributed by atoms with van der Waals surface area (Å²) in [6, 6.07) is 14.0. The summed E-state index contributed by atoms with van der Waals surface area (Å²) in [7, 11) is 0. The van der Waals surface area contributed by atoms with E-state index in [1.807, 2.05) is 42.5 Å². The fourth-order valence-electron chi connectivity index (χ4n) is 2.08. The third-order valence-electron chi connectivity index (χ3n) is 3.38. The van der Waals surface area contributed by atoms with Gasteiger partial charge in [-0.3, -0.25) is 0 Å². The van der Waals surface area contributed by atoms with Crippen LogP contribution < -0.4 is 0 Å². The van der Waals surface area contributed by atoms with E-state index in [0.717, 1.165) is 30.5 Å². The maximum atomic E-state index is 12.6. The number of hydrogen-bond acceptors (Lipinski definition) is 2. The Bertz CT molecular complexity index is 704. The van der Waals surface area contributed by atoms with Crippen molar-refractivity contribution in [3.8, 4) is 0 Å². The highest BCUT2D eigenvalue weighted by molar-refractivity contribution is 5.95. The molecule has 0 aliphatic heterocycles. The average Bonchev–Trinajstić information content (AvgIpc) is 2.61. The van der Waals surface area contributed by atoms with Crippen molar-refractivity contribution in [3.63, 3.8) is 0 Å². The van der Waals surface area contributed by atoms with Gasteiger partial charge in [-0.25, -0.2) is 4.99 Å². The van der Waals surface area contributed by atoms with Crippen molar-refractivity contribution in [1.82, 2.24) is 0 Å². The van der Waals surface area contributed by atoms with Crippen LogP contribution >= 0.6 is 0 Å². The highest BCUT2D eigenvalue weighted by Crippen LogP contribution is 2.30. The molecule has 0 bridgehead atoms. The quantitative estimate of drug-likeness (QED) is 0.348. The van der Waals surface area contributed by atoms with Gasteiger partial charge < -0.3 is 4.74 Å². The molecule has 2 aromatic carbocycles. The maximum Gasteiger partial charge on any atom is 0.416 e. The molecule has 0 N–H and O–H groups in total. The first-order chi connectivity index (χ1) is 12.0. The van der Waals surface area contributed by atoms with Crippen molar-refractivity contribution in [3.05, 3.63) is 77.9 Å². The summed E-state index contributed by atoms with van der Waals surface area (Å²) in [5, 5.41) is 0. The summed E-state index contributed by atoms with van der Waals surface area (Å²) >= 11 is 0. The van der Waals surface area contributed by atoms with Gasteiger partial charge in [-0.05, 0) is 42.8 Å². The van der Waals surface area contributed by atoms with E-state index < -0.39 is 11.7 Å². The molecule has 0 aliphatic rings. The molecule has 0 heterocycles. The van der Waals surface area contributed by atoms with Crippen molar-refractivity contribution in [2.24, 2.45) is 4.99 Å². The van der Waals surface area contributed by atoms with E-state index in [9.17, 15) is 13.2 Å². The molecule has 5 heteroatoms. The zero-order valence-corrected chi connectivity index (χ0v) is 14.0. The van der Waals surface area contributed by atoms with Crippen LogP contribution in [0.15, 0.2) is 71.7 Å². The Hall–Kier alpha value is -2.56. The number of allylic oxidation sites excluding steroid dienone is 1. The SMILES string of the molecule is CCCC=CCOC(=Nc1ccc(C(F)(F)F)cc1)c1ccccc1. The van der Waals surface area contributed by atoms with Crippen LogP contribution in [-0.4, -0.2) is 12.5 Å². The monoisotopic (exact) mass is 347 g/mol. The summed E-state index contributed by atoms with van der Waals surface area (Å²) in [4.78, 5) is 4.36. The smallest absolute Gasteiger partial charge is 0.416 e. The van der Waals surface area contributed by atoms with E-state index in [0.29, 0.717) is 18.2 Å². The minimum Gasteiger partial charge on any atom is -0.473 e. The molecule has 2 aromatic rings. The van der Waals surface area contributed by atoms with Crippen LogP contribution in [0.1, 0.15) is 30.9 Å². The summed E-state index contributed by atoms with van der Waals surface area (Å²) in [5.74, 6) is 0.376. The Labute approximate surface area is 145 Å². The first kappa shape index (κ1) is 18.8. The van der Waals surface area contributed by atoms with Crippen molar-refractivity contribution >= 4 is 11.6 Å². The number of unbranched alkanes of at least 4 members (excludes halogenated alkanes) is 1. The molecule has 0 spiro atoms. The van der Waals surface area contributed by atoms with Crippen molar-refractivity contribution in [2.45, 2.75) is 25.9 Å². The molecule has 0 unspecified atom stereocenters. The van der Waals surface area contributed by atoms with Crippen LogP contribution in [0.3, 0.4) is 0 Å². The fraction of sp³-hybridized carbons (Fsp3) is 0.250. The van der Waals surface area contributed by atoms with Crippen LogP contribution in [0.25, 0.3) is 0 Å². The van der Waals surface area contributed by atoms with Crippen molar-refractivity contribution < 1.29 is 17.9 Å². The van der Waals surface area contributed by atoms with Gasteiger partial charge in [0.05, 0.1) is 11.3 Å². The van der Waals surface area contributed by atoms with Gasteiger partial charge in [-0.1, -0.05) is 43.7 Å². The summed E-state index contributed by atoms with van der Waals surface area (Å²) in [6.07, 6.45) is 1.61. The van der Waals surface area contributed by atoms with E-state index in [4.69, 9.17) is 4.74 Å². The second-order valence-electron chi connectivity index (χ2n) is 5.40. The van der Waals surface area contributed by atoms with Crippen LogP contribution in [0.5, 0.6) is 0 Å². The number of halogens is 3. The summed E-state index contributed by atoms with van der Waals surface area (Å²) in [6.45, 7) is 2.45. The Balaban J connectivity index is 2.20. The Morgan fingerprint density at radius 3 is 2.28 bits per heavy atom. The maximum absolute atomic E-state index is 12.6. The van der Waals surface area contributed by atoms with Gasteiger partial charge in [0.25, 0.3) is 0 Å². The third kappa shape index (κ3) is 6.10. The molecular weight excluding hydrogens is 327 g/mol. The zero-order valence-electron chi connectivity index (χ0n) is 14.0. The van der Waals surface area contributed by atoms with Gasteiger partial charge in [-0.15, -0.1) is 0 Å². The highest BCUT2D eigenvalue weighted by atomic mass is 19.4. The van der Waals surface area contributed by atoms with Gasteiger partial charge in [0.1, 0.15) is 6.61 Å². The van der Waals surface area contributed by atoms with E-state index in [1.165, 1.54) is 12.1 Å². The van der Waals surface area contributed by atoms with Gasteiger partial charge in [0.2, 0.25) is 5.90 Å². The lowest BCUT2D eigenvalue weighted by molar-refractivity contribution is -0.137. The van der Waals surface area contributed by atoms with Crippen LogP contribution in [0.4, 0.5) is 18.9 Å². The first-order valence-electron chi connectivity index (χ1n) is 8.10. The minimum atomic E-state index is -4.36. The normalized spacial score (nSPS) is 12.6. The lowest BCUT2D eigenvalue weighted by Gasteiger charge is -2.09. The van der Waals surface area contributed by atoms with Crippen molar-refractivity contribution in [1.29, 1.82) is 0 Å². The largest absolute Gasteiger partial charge is 0.473 e. The predicted octanol–water partition coefficient (Wildman–Crippen LogP) is 6.16. The molecule has 0 fully saturated rings. The molecule has 0 aromatic heterocycles. The topological polar surface area (TPSA) is 21.6 Å². The predicted molar refractivity (Wildman–Crippen MR) is 94.1 cm³/mol. The molecule has 0 amide bonds. The number of hydrogen-bond donors (Lipinski definition) is 0. The van der Waals surface area contributed by atoms with Crippen molar-refractivity contribution in [2.75, 3.05) is 6.61 Å². The van der Waals surface area contributed by atoms with Gasteiger partial charge >= 0.3 is 6.18 Å². The number of benzene rings is 2. The van der Waals surface area contributed by atoms with Crippen LogP contribution in [-0.2, 0) is 10.9 Å². The number of rotatable bonds is 6. The fourth-order valence-corrected chi connectivity index (χ4v) is 2.08. The Morgan fingerprint density at radius 2 is 1.68 bits per heavy atom. The zero-order chi connectivity index (χ0) is 18.1. The standard InChI is InChI=1S/C20H20F3NO/c1-2-3-4-8-15-25-19(16-9-6-5-7-10-16)24-18-13-11-17(12-14-18)20(21,22)23/h4-14H,2-3,15H2,1H3. The molecular formula is C20H20F3NO. The van der Waals surface area contributed by atoms with E-state index in [1.54, 1.807) is 0 Å². The van der Waals surface area contributed by atoms with E-state index >= 15 is 0 Å². The van der Waals surface area contributed by atoms with Crippen LogP contribution in [0, 0.1) is 0 Å².